The van der Waals surface area contributed by atoms with Crippen molar-refractivity contribution in [3.63, 3.8) is 0 Å². The molecule has 448 valence electrons. The molecule has 0 saturated heterocycles. The maximum absolute atomic E-state index is 12.9. The van der Waals surface area contributed by atoms with Crippen LogP contribution in [0.2, 0.25) is 0 Å². The van der Waals surface area contributed by atoms with Crippen molar-refractivity contribution in [2.75, 3.05) is 13.2 Å². The number of ether oxygens (including phenoxy) is 3. The van der Waals surface area contributed by atoms with Gasteiger partial charge < -0.3 is 14.2 Å². The molecular formula is C73H120O6. The lowest BCUT2D eigenvalue weighted by Crippen LogP contribution is -2.30. The van der Waals surface area contributed by atoms with Crippen molar-refractivity contribution in [2.45, 2.75) is 297 Å². The van der Waals surface area contributed by atoms with Gasteiger partial charge in [0.25, 0.3) is 0 Å². The van der Waals surface area contributed by atoms with Gasteiger partial charge in [-0.3, -0.25) is 14.4 Å². The molecule has 0 amide bonds. The van der Waals surface area contributed by atoms with Gasteiger partial charge in [0.05, 0.1) is 0 Å². The quantitative estimate of drug-likeness (QED) is 0.0261. The summed E-state index contributed by atoms with van der Waals surface area (Å²) in [6, 6.07) is 0. The molecule has 0 saturated carbocycles. The SMILES string of the molecule is CC/C=C\C/C=C\C/C=C\C/C=C\C/C=C\C/C=C\C/C=C\CCCCCCCCCCCC(=O)OCC(COC(=O)CCCCCCCCCCC)OC(=O)CCCCCCCCCC/C=C\C/C=C\C/C=C\C/C=C\CC. The van der Waals surface area contributed by atoms with Crippen LogP contribution >= 0.6 is 0 Å². The van der Waals surface area contributed by atoms with E-state index in [0.717, 1.165) is 141 Å². The van der Waals surface area contributed by atoms with Crippen LogP contribution in [0.3, 0.4) is 0 Å². The molecule has 0 bridgehead atoms. The van der Waals surface area contributed by atoms with Crippen molar-refractivity contribution in [2.24, 2.45) is 0 Å². The van der Waals surface area contributed by atoms with E-state index in [1.54, 1.807) is 0 Å². The number of hydrogen-bond donors (Lipinski definition) is 0. The molecule has 1 atom stereocenters. The Morgan fingerprint density at radius 2 is 0.494 bits per heavy atom. The molecule has 6 nitrogen and oxygen atoms in total. The monoisotopic (exact) mass is 1090 g/mol. The van der Waals surface area contributed by atoms with Gasteiger partial charge in [-0.2, -0.15) is 0 Å². The van der Waals surface area contributed by atoms with Crippen molar-refractivity contribution < 1.29 is 28.6 Å². The van der Waals surface area contributed by atoms with E-state index in [2.05, 4.69) is 154 Å². The Labute approximate surface area is 487 Å². The Hall–Kier alpha value is -4.45. The van der Waals surface area contributed by atoms with Crippen molar-refractivity contribution in [1.29, 1.82) is 0 Å². The van der Waals surface area contributed by atoms with E-state index in [-0.39, 0.29) is 31.1 Å². The highest BCUT2D eigenvalue weighted by Crippen LogP contribution is 2.16. The number of rotatable bonds is 58. The molecule has 0 N–H and O–H groups in total. The second-order valence-corrected chi connectivity index (χ2v) is 21.3. The van der Waals surface area contributed by atoms with Crippen LogP contribution in [0.5, 0.6) is 0 Å². The first-order valence-corrected chi connectivity index (χ1v) is 32.7. The van der Waals surface area contributed by atoms with Gasteiger partial charge in [0.15, 0.2) is 6.10 Å². The minimum Gasteiger partial charge on any atom is -0.462 e. The fraction of sp³-hybridized carbons (Fsp3) is 0.658. The number of carbonyl (C=O) groups is 3. The topological polar surface area (TPSA) is 78.9 Å². The summed E-state index contributed by atoms with van der Waals surface area (Å²) in [6.45, 7) is 6.39. The Kier molecular flexibility index (Phi) is 62.3. The highest BCUT2D eigenvalue weighted by Gasteiger charge is 2.19. The fourth-order valence-electron chi connectivity index (χ4n) is 8.83. The van der Waals surface area contributed by atoms with Crippen molar-refractivity contribution in [3.05, 3.63) is 134 Å². The summed E-state index contributed by atoms with van der Waals surface area (Å²) >= 11 is 0. The van der Waals surface area contributed by atoms with Crippen LogP contribution in [0.1, 0.15) is 290 Å². The molecule has 0 aliphatic carbocycles. The van der Waals surface area contributed by atoms with Crippen molar-refractivity contribution >= 4 is 17.9 Å². The van der Waals surface area contributed by atoms with Crippen LogP contribution in [-0.4, -0.2) is 37.2 Å². The second-order valence-electron chi connectivity index (χ2n) is 21.3. The van der Waals surface area contributed by atoms with E-state index in [9.17, 15) is 14.4 Å². The lowest BCUT2D eigenvalue weighted by atomic mass is 10.1. The number of carbonyl (C=O) groups excluding carboxylic acids is 3. The molecule has 0 fully saturated rings. The highest BCUT2D eigenvalue weighted by atomic mass is 16.6. The van der Waals surface area contributed by atoms with Gasteiger partial charge in [0.2, 0.25) is 0 Å². The molecule has 0 aromatic carbocycles. The molecule has 79 heavy (non-hydrogen) atoms. The molecule has 0 aliphatic rings. The van der Waals surface area contributed by atoms with E-state index >= 15 is 0 Å². The van der Waals surface area contributed by atoms with E-state index in [1.807, 2.05) is 0 Å². The van der Waals surface area contributed by atoms with Crippen LogP contribution in [0, 0.1) is 0 Å². The van der Waals surface area contributed by atoms with Gasteiger partial charge in [-0.25, -0.2) is 0 Å². The Morgan fingerprint density at radius 3 is 0.772 bits per heavy atom. The predicted octanol–water partition coefficient (Wildman–Crippen LogP) is 22.5. The summed E-state index contributed by atoms with van der Waals surface area (Å²) in [5.41, 5.74) is 0. The average molecular weight is 1090 g/mol. The third kappa shape index (κ3) is 64.3. The number of unbranched alkanes of at least 4 members (excludes halogenated alkanes) is 25. The van der Waals surface area contributed by atoms with E-state index < -0.39 is 6.10 Å². The number of hydrogen-bond acceptors (Lipinski definition) is 6. The summed E-state index contributed by atoms with van der Waals surface area (Å²) < 4.78 is 16.9. The first-order chi connectivity index (χ1) is 39.0. The fourth-order valence-corrected chi connectivity index (χ4v) is 8.83. The molecule has 0 heterocycles. The van der Waals surface area contributed by atoms with E-state index in [1.165, 1.54) is 109 Å². The summed E-state index contributed by atoms with van der Waals surface area (Å²) in [4.78, 5) is 38.2. The normalized spacial score (nSPS) is 13.0. The van der Waals surface area contributed by atoms with Crippen LogP contribution in [0.25, 0.3) is 0 Å². The Balaban J connectivity index is 4.23. The molecule has 1 unspecified atom stereocenters. The van der Waals surface area contributed by atoms with Crippen molar-refractivity contribution in [3.8, 4) is 0 Å². The molecule has 0 rings (SSSR count). The maximum atomic E-state index is 12.9. The first-order valence-electron chi connectivity index (χ1n) is 32.7. The minimum absolute atomic E-state index is 0.0840. The largest absolute Gasteiger partial charge is 0.462 e. The lowest BCUT2D eigenvalue weighted by molar-refractivity contribution is -0.167. The third-order valence-corrected chi connectivity index (χ3v) is 13.7. The third-order valence-electron chi connectivity index (χ3n) is 13.7. The Morgan fingerprint density at radius 1 is 0.266 bits per heavy atom. The highest BCUT2D eigenvalue weighted by molar-refractivity contribution is 5.71. The summed E-state index contributed by atoms with van der Waals surface area (Å²) in [5, 5.41) is 0. The van der Waals surface area contributed by atoms with E-state index in [4.69, 9.17) is 14.2 Å². The zero-order valence-electron chi connectivity index (χ0n) is 51.3. The zero-order chi connectivity index (χ0) is 57.1. The van der Waals surface area contributed by atoms with Gasteiger partial charge in [0, 0.05) is 19.3 Å². The van der Waals surface area contributed by atoms with Crippen LogP contribution < -0.4 is 0 Å². The zero-order valence-corrected chi connectivity index (χ0v) is 51.3. The molecule has 6 heteroatoms. The standard InChI is InChI=1S/C73H120O6/c1-4-7-10-13-16-19-21-23-25-27-29-31-32-33-34-35-36-37-38-39-40-42-43-45-47-49-51-54-57-60-63-66-72(75)78-69-70(68-77-71(74)65-62-59-56-53-18-15-12-9-6-3)79-73(76)67-64-61-58-55-52-50-48-46-44-41-30-28-26-24-22-20-17-14-11-8-5-2/h7-8,10-11,16-17,19-20,23-26,29-31,33-34,36-37,39-41,70H,4-6,9,12-15,18,21-22,27-28,32,35,38,42-69H2,1-3H3/b10-7-,11-8-,19-16-,20-17-,25-23-,26-24-,31-29-,34-33-,37-36-,40-39-,41-30-. The lowest BCUT2D eigenvalue weighted by Gasteiger charge is -2.18. The summed E-state index contributed by atoms with van der Waals surface area (Å²) in [7, 11) is 0. The molecule has 0 radical (unpaired) electrons. The van der Waals surface area contributed by atoms with Gasteiger partial charge in [0.1, 0.15) is 13.2 Å². The van der Waals surface area contributed by atoms with Crippen LogP contribution in [0.4, 0.5) is 0 Å². The van der Waals surface area contributed by atoms with Crippen LogP contribution in [0.15, 0.2) is 134 Å². The predicted molar refractivity (Wildman–Crippen MR) is 343 cm³/mol. The minimum atomic E-state index is -0.787. The Bertz CT molecular complexity index is 1680. The van der Waals surface area contributed by atoms with Crippen LogP contribution in [-0.2, 0) is 28.6 Å². The second kappa shape index (κ2) is 66.1. The van der Waals surface area contributed by atoms with Gasteiger partial charge in [-0.1, -0.05) is 289 Å². The van der Waals surface area contributed by atoms with Gasteiger partial charge in [-0.15, -0.1) is 0 Å². The number of allylic oxidation sites excluding steroid dienone is 22. The summed E-state index contributed by atoms with van der Waals surface area (Å²) in [6.07, 6.45) is 93.2. The first kappa shape index (κ1) is 74.5. The maximum Gasteiger partial charge on any atom is 0.306 e. The molecule has 0 aromatic rings. The molecule has 0 aromatic heterocycles. The molecule has 0 aliphatic heterocycles. The smallest absolute Gasteiger partial charge is 0.306 e. The number of esters is 3. The van der Waals surface area contributed by atoms with Gasteiger partial charge in [-0.05, 0) is 116 Å². The van der Waals surface area contributed by atoms with E-state index in [0.29, 0.717) is 19.3 Å². The van der Waals surface area contributed by atoms with Gasteiger partial charge >= 0.3 is 17.9 Å². The summed E-state index contributed by atoms with van der Waals surface area (Å²) in [5.74, 6) is -0.898. The molecule has 0 spiro atoms. The van der Waals surface area contributed by atoms with Crippen molar-refractivity contribution in [1.82, 2.24) is 0 Å². The molecular weight excluding hydrogens is 973 g/mol. The average Bonchev–Trinajstić information content (AvgIpc) is 3.45.